The van der Waals surface area contributed by atoms with Crippen LogP contribution in [0.4, 0.5) is 0 Å². The monoisotopic (exact) mass is 280 g/mol. The molecule has 108 valence electrons. The summed E-state index contributed by atoms with van der Waals surface area (Å²) >= 11 is 1.98. The third kappa shape index (κ3) is 5.64. The number of thiophene rings is 1. The summed E-state index contributed by atoms with van der Waals surface area (Å²) in [5, 5.41) is 3.48. The zero-order valence-corrected chi connectivity index (χ0v) is 13.3. The van der Waals surface area contributed by atoms with Crippen molar-refractivity contribution in [2.45, 2.75) is 52.6 Å². The van der Waals surface area contributed by atoms with Crippen molar-refractivity contribution >= 4 is 11.3 Å². The molecule has 0 aliphatic heterocycles. The van der Waals surface area contributed by atoms with Crippen LogP contribution in [0.25, 0.3) is 0 Å². The van der Waals surface area contributed by atoms with Gasteiger partial charge >= 0.3 is 0 Å². The van der Waals surface area contributed by atoms with E-state index in [4.69, 9.17) is 0 Å². The van der Waals surface area contributed by atoms with E-state index in [2.05, 4.69) is 36.2 Å². The SMILES string of the molecule is CCCNCc1ccc(CN(CCC)CC2CC2)s1. The Balaban J connectivity index is 1.78. The molecule has 1 aliphatic rings. The van der Waals surface area contributed by atoms with Crippen molar-refractivity contribution in [2.75, 3.05) is 19.6 Å². The summed E-state index contributed by atoms with van der Waals surface area (Å²) < 4.78 is 0. The van der Waals surface area contributed by atoms with Gasteiger partial charge in [-0.15, -0.1) is 11.3 Å². The van der Waals surface area contributed by atoms with Crippen LogP contribution >= 0.6 is 11.3 Å². The van der Waals surface area contributed by atoms with Crippen molar-refractivity contribution < 1.29 is 0 Å². The van der Waals surface area contributed by atoms with Crippen molar-refractivity contribution in [3.8, 4) is 0 Å². The normalized spacial score (nSPS) is 15.3. The van der Waals surface area contributed by atoms with E-state index in [1.165, 1.54) is 48.5 Å². The van der Waals surface area contributed by atoms with E-state index in [-0.39, 0.29) is 0 Å². The van der Waals surface area contributed by atoms with Crippen molar-refractivity contribution in [1.82, 2.24) is 10.2 Å². The minimum absolute atomic E-state index is 0.997. The standard InChI is InChI=1S/C16H28N2S/c1-3-9-17-11-15-7-8-16(19-15)13-18(10-4-2)12-14-5-6-14/h7-8,14,17H,3-6,9-13H2,1-2H3. The second-order valence-electron chi connectivity index (χ2n) is 5.72. The fraction of sp³-hybridized carbons (Fsp3) is 0.750. The maximum Gasteiger partial charge on any atom is 0.0328 e. The summed E-state index contributed by atoms with van der Waals surface area (Å²) in [7, 11) is 0. The summed E-state index contributed by atoms with van der Waals surface area (Å²) in [6.45, 7) is 10.4. The van der Waals surface area contributed by atoms with E-state index in [1.807, 2.05) is 11.3 Å². The molecule has 0 unspecified atom stereocenters. The molecule has 0 saturated heterocycles. The molecule has 1 N–H and O–H groups in total. The van der Waals surface area contributed by atoms with E-state index >= 15 is 0 Å². The molecular formula is C16H28N2S. The summed E-state index contributed by atoms with van der Waals surface area (Å²) in [6, 6.07) is 4.62. The average Bonchev–Trinajstić information content (AvgIpc) is 3.09. The van der Waals surface area contributed by atoms with Gasteiger partial charge in [-0.1, -0.05) is 13.8 Å². The van der Waals surface area contributed by atoms with Crippen molar-refractivity contribution in [3.05, 3.63) is 21.9 Å². The molecule has 1 heterocycles. The lowest BCUT2D eigenvalue weighted by Gasteiger charge is -2.20. The molecule has 19 heavy (non-hydrogen) atoms. The molecule has 0 aromatic carbocycles. The Morgan fingerprint density at radius 3 is 2.68 bits per heavy atom. The molecule has 1 saturated carbocycles. The van der Waals surface area contributed by atoms with Gasteiger partial charge in [0.2, 0.25) is 0 Å². The average molecular weight is 280 g/mol. The molecule has 2 nitrogen and oxygen atoms in total. The van der Waals surface area contributed by atoms with Gasteiger partial charge in [0.15, 0.2) is 0 Å². The molecule has 0 radical (unpaired) electrons. The predicted molar refractivity (Wildman–Crippen MR) is 84.6 cm³/mol. The topological polar surface area (TPSA) is 15.3 Å². The Hall–Kier alpha value is -0.380. The highest BCUT2D eigenvalue weighted by Gasteiger charge is 2.24. The highest BCUT2D eigenvalue weighted by atomic mass is 32.1. The van der Waals surface area contributed by atoms with Crippen LogP contribution in [0, 0.1) is 5.92 Å². The van der Waals surface area contributed by atoms with Crippen LogP contribution in [0.2, 0.25) is 0 Å². The van der Waals surface area contributed by atoms with Gasteiger partial charge in [0.05, 0.1) is 0 Å². The molecule has 0 spiro atoms. The molecule has 1 aromatic heterocycles. The first-order chi connectivity index (χ1) is 9.31. The van der Waals surface area contributed by atoms with Gasteiger partial charge in [-0.25, -0.2) is 0 Å². The number of nitrogens with zero attached hydrogens (tertiary/aromatic N) is 1. The van der Waals surface area contributed by atoms with E-state index < -0.39 is 0 Å². The summed E-state index contributed by atoms with van der Waals surface area (Å²) in [5.41, 5.74) is 0. The number of rotatable bonds is 10. The summed E-state index contributed by atoms with van der Waals surface area (Å²) in [4.78, 5) is 5.65. The predicted octanol–water partition coefficient (Wildman–Crippen LogP) is 3.87. The first-order valence-electron chi connectivity index (χ1n) is 7.82. The molecule has 3 heteroatoms. The van der Waals surface area contributed by atoms with E-state index in [0.717, 1.165) is 25.6 Å². The molecule has 1 aliphatic carbocycles. The zero-order chi connectivity index (χ0) is 13.5. The molecule has 2 rings (SSSR count). The van der Waals surface area contributed by atoms with Crippen LogP contribution in [0.5, 0.6) is 0 Å². The maximum atomic E-state index is 3.48. The van der Waals surface area contributed by atoms with Gasteiger partial charge in [-0.3, -0.25) is 4.90 Å². The van der Waals surface area contributed by atoms with Crippen molar-refractivity contribution in [2.24, 2.45) is 5.92 Å². The van der Waals surface area contributed by atoms with Crippen LogP contribution in [0.3, 0.4) is 0 Å². The number of hydrogen-bond acceptors (Lipinski definition) is 3. The Labute approximate surface area is 122 Å². The zero-order valence-electron chi connectivity index (χ0n) is 12.5. The second kappa shape index (κ2) is 8.03. The van der Waals surface area contributed by atoms with Crippen LogP contribution < -0.4 is 5.32 Å². The molecule has 0 amide bonds. The quantitative estimate of drug-likeness (QED) is 0.655. The summed E-state index contributed by atoms with van der Waals surface area (Å²) in [6.07, 6.45) is 5.39. The Bertz CT molecular complexity index is 357. The van der Waals surface area contributed by atoms with Gasteiger partial charge in [0, 0.05) is 29.4 Å². The highest BCUT2D eigenvalue weighted by molar-refractivity contribution is 7.11. The van der Waals surface area contributed by atoms with Gasteiger partial charge in [-0.2, -0.15) is 0 Å². The van der Waals surface area contributed by atoms with Crippen LogP contribution in [-0.4, -0.2) is 24.5 Å². The molecule has 0 atom stereocenters. The van der Waals surface area contributed by atoms with Gasteiger partial charge in [0.1, 0.15) is 0 Å². The molecule has 0 bridgehead atoms. The number of hydrogen-bond donors (Lipinski definition) is 1. The van der Waals surface area contributed by atoms with Crippen LogP contribution in [0.15, 0.2) is 12.1 Å². The smallest absolute Gasteiger partial charge is 0.0328 e. The molecule has 1 fully saturated rings. The van der Waals surface area contributed by atoms with Crippen molar-refractivity contribution in [1.29, 1.82) is 0 Å². The highest BCUT2D eigenvalue weighted by Crippen LogP contribution is 2.30. The van der Waals surface area contributed by atoms with Gasteiger partial charge in [0.25, 0.3) is 0 Å². The first kappa shape index (κ1) is 15.0. The Morgan fingerprint density at radius 1 is 1.21 bits per heavy atom. The van der Waals surface area contributed by atoms with Gasteiger partial charge in [-0.05, 0) is 56.8 Å². The minimum Gasteiger partial charge on any atom is -0.312 e. The van der Waals surface area contributed by atoms with Crippen molar-refractivity contribution in [3.63, 3.8) is 0 Å². The lowest BCUT2D eigenvalue weighted by molar-refractivity contribution is 0.257. The van der Waals surface area contributed by atoms with Crippen LogP contribution in [-0.2, 0) is 13.1 Å². The largest absolute Gasteiger partial charge is 0.312 e. The molecule has 1 aromatic rings. The van der Waals surface area contributed by atoms with Crippen LogP contribution in [0.1, 0.15) is 49.3 Å². The fourth-order valence-electron chi connectivity index (χ4n) is 2.43. The lowest BCUT2D eigenvalue weighted by Crippen LogP contribution is -2.25. The second-order valence-corrected chi connectivity index (χ2v) is 6.98. The third-order valence-corrected chi connectivity index (χ3v) is 4.65. The Morgan fingerprint density at radius 2 is 2.00 bits per heavy atom. The van der Waals surface area contributed by atoms with E-state index in [9.17, 15) is 0 Å². The first-order valence-corrected chi connectivity index (χ1v) is 8.64. The van der Waals surface area contributed by atoms with Gasteiger partial charge < -0.3 is 5.32 Å². The summed E-state index contributed by atoms with van der Waals surface area (Å²) in [5.74, 6) is 0.997. The number of nitrogens with one attached hydrogen (secondary N) is 1. The third-order valence-electron chi connectivity index (χ3n) is 3.58. The fourth-order valence-corrected chi connectivity index (χ4v) is 3.46. The lowest BCUT2D eigenvalue weighted by atomic mass is 10.3. The van der Waals surface area contributed by atoms with E-state index in [1.54, 1.807) is 0 Å². The molecular weight excluding hydrogens is 252 g/mol. The minimum atomic E-state index is 0.997. The van der Waals surface area contributed by atoms with E-state index in [0.29, 0.717) is 0 Å². The Kier molecular flexibility index (Phi) is 6.35. The maximum absolute atomic E-state index is 3.48.